The van der Waals surface area contributed by atoms with Gasteiger partial charge in [0.2, 0.25) is 5.43 Å². The van der Waals surface area contributed by atoms with Crippen LogP contribution in [0, 0.1) is 0 Å². The summed E-state index contributed by atoms with van der Waals surface area (Å²) in [6.07, 6.45) is 0. The lowest BCUT2D eigenvalue weighted by molar-refractivity contribution is 0.464. The number of benzene rings is 2. The molecule has 0 N–H and O–H groups in total. The Morgan fingerprint density at radius 1 is 0.667 bits per heavy atom. The zero-order valence-electron chi connectivity index (χ0n) is 12.4. The Morgan fingerprint density at radius 3 is 2.04 bits per heavy atom. The van der Waals surface area contributed by atoms with Crippen molar-refractivity contribution in [3.8, 4) is 23.0 Å². The van der Waals surface area contributed by atoms with Crippen molar-refractivity contribution in [1.82, 2.24) is 0 Å². The molecule has 3 aromatic carbocycles. The van der Waals surface area contributed by atoms with Crippen LogP contribution < -0.4 is 25.6 Å². The summed E-state index contributed by atoms with van der Waals surface area (Å²) in [6, 6.07) is 17.9. The third kappa shape index (κ3) is 1.91. The van der Waals surface area contributed by atoms with Gasteiger partial charge in [-0.25, -0.2) is 9.98 Å². The lowest BCUT2D eigenvalue weighted by Crippen LogP contribution is -2.24. The maximum absolute atomic E-state index is 12.6. The highest BCUT2D eigenvalue weighted by Crippen LogP contribution is 2.34. The lowest BCUT2D eigenvalue weighted by Gasteiger charge is -2.12. The van der Waals surface area contributed by atoms with Crippen molar-refractivity contribution >= 4 is 11.4 Å². The Labute approximate surface area is 136 Å². The van der Waals surface area contributed by atoms with Gasteiger partial charge in [-0.05, 0) is 24.3 Å². The molecule has 24 heavy (non-hydrogen) atoms. The van der Waals surface area contributed by atoms with Gasteiger partial charge < -0.3 is 9.47 Å². The maximum atomic E-state index is 12.6. The quantitative estimate of drug-likeness (QED) is 0.441. The number of ether oxygens (including phenoxy) is 2. The summed E-state index contributed by atoms with van der Waals surface area (Å²) in [6.45, 7) is 0. The fourth-order valence-corrected chi connectivity index (χ4v) is 2.76. The summed E-state index contributed by atoms with van der Waals surface area (Å²) in [7, 11) is 0. The van der Waals surface area contributed by atoms with E-state index in [9.17, 15) is 4.79 Å². The first-order valence-electron chi connectivity index (χ1n) is 7.47. The van der Waals surface area contributed by atoms with Crippen LogP contribution in [0.25, 0.3) is 0 Å². The van der Waals surface area contributed by atoms with Crippen LogP contribution >= 0.6 is 0 Å². The van der Waals surface area contributed by atoms with Crippen molar-refractivity contribution in [3.63, 3.8) is 0 Å². The highest BCUT2D eigenvalue weighted by Gasteiger charge is 2.17. The van der Waals surface area contributed by atoms with Gasteiger partial charge in [-0.3, -0.25) is 4.79 Å². The molecule has 2 aliphatic rings. The van der Waals surface area contributed by atoms with Gasteiger partial charge in [-0.2, -0.15) is 0 Å². The molecule has 0 unspecified atom stereocenters. The van der Waals surface area contributed by atoms with Gasteiger partial charge in [0.25, 0.3) is 0 Å². The average molecular weight is 314 g/mol. The van der Waals surface area contributed by atoms with Crippen LogP contribution in [0.2, 0.25) is 0 Å². The molecular formula is C19H10N2O3. The maximum Gasteiger partial charge on any atom is 0.211 e. The predicted molar refractivity (Wildman–Crippen MR) is 87.4 cm³/mol. The molecule has 2 aliphatic heterocycles. The van der Waals surface area contributed by atoms with E-state index in [0.29, 0.717) is 39.7 Å². The summed E-state index contributed by atoms with van der Waals surface area (Å²) in [5, 5.41) is 0.799. The molecule has 0 fully saturated rings. The molecule has 5 nitrogen and oxygen atoms in total. The van der Waals surface area contributed by atoms with Gasteiger partial charge in [-0.1, -0.05) is 24.3 Å². The van der Waals surface area contributed by atoms with Gasteiger partial charge >= 0.3 is 0 Å². The van der Waals surface area contributed by atoms with E-state index in [2.05, 4.69) is 9.98 Å². The lowest BCUT2D eigenvalue weighted by atomic mass is 10.2. The zero-order chi connectivity index (χ0) is 16.1. The molecule has 0 atom stereocenters. The molecule has 3 aromatic rings. The second kappa shape index (κ2) is 4.76. The van der Waals surface area contributed by atoms with Crippen LogP contribution in [-0.4, -0.2) is 0 Å². The molecule has 2 heterocycles. The SMILES string of the molecule is O=c1cc2c(cc3c1=Nc1ccccc1O3)=Nc1ccccc1O2. The van der Waals surface area contributed by atoms with Gasteiger partial charge in [0.15, 0.2) is 28.4 Å². The van der Waals surface area contributed by atoms with Gasteiger partial charge in [0.1, 0.15) is 16.7 Å². The van der Waals surface area contributed by atoms with Gasteiger partial charge in [0, 0.05) is 12.1 Å². The number of rotatable bonds is 0. The minimum atomic E-state index is -0.268. The first-order valence-corrected chi connectivity index (χ1v) is 7.47. The van der Waals surface area contributed by atoms with Crippen molar-refractivity contribution in [1.29, 1.82) is 0 Å². The summed E-state index contributed by atoms with van der Waals surface area (Å²) >= 11 is 0. The zero-order valence-corrected chi connectivity index (χ0v) is 12.4. The summed E-state index contributed by atoms with van der Waals surface area (Å²) in [5.41, 5.74) is 1.08. The monoisotopic (exact) mass is 314 g/mol. The number of hydrogen-bond acceptors (Lipinski definition) is 5. The van der Waals surface area contributed by atoms with E-state index in [1.807, 2.05) is 42.5 Å². The molecule has 0 radical (unpaired) electrons. The largest absolute Gasteiger partial charge is 0.453 e. The van der Waals surface area contributed by atoms with E-state index in [1.165, 1.54) is 6.07 Å². The van der Waals surface area contributed by atoms with Crippen LogP contribution in [0.5, 0.6) is 23.0 Å². The number of para-hydroxylation sites is 4. The van der Waals surface area contributed by atoms with Crippen LogP contribution in [0.15, 0.2) is 75.4 Å². The number of nitrogens with zero attached hydrogens (tertiary/aromatic N) is 2. The fraction of sp³-hybridized carbons (Fsp3) is 0. The molecule has 5 heteroatoms. The van der Waals surface area contributed by atoms with E-state index in [-0.39, 0.29) is 10.8 Å². The van der Waals surface area contributed by atoms with Crippen LogP contribution in [0.1, 0.15) is 0 Å². The molecular weight excluding hydrogens is 304 g/mol. The van der Waals surface area contributed by atoms with E-state index < -0.39 is 0 Å². The minimum Gasteiger partial charge on any atom is -0.453 e. The highest BCUT2D eigenvalue weighted by atomic mass is 16.5. The van der Waals surface area contributed by atoms with Gasteiger partial charge in [-0.15, -0.1) is 0 Å². The number of fused-ring (bicyclic) bond motifs is 4. The smallest absolute Gasteiger partial charge is 0.211 e. The molecule has 0 spiro atoms. The third-order valence-electron chi connectivity index (χ3n) is 3.89. The van der Waals surface area contributed by atoms with Crippen molar-refractivity contribution in [2.24, 2.45) is 9.98 Å². The molecule has 0 bridgehead atoms. The second-order valence-electron chi connectivity index (χ2n) is 5.48. The fourth-order valence-electron chi connectivity index (χ4n) is 2.76. The highest BCUT2D eigenvalue weighted by molar-refractivity contribution is 5.58. The van der Waals surface area contributed by atoms with E-state index in [0.717, 1.165) is 0 Å². The third-order valence-corrected chi connectivity index (χ3v) is 3.89. The molecule has 0 saturated heterocycles. The molecule has 0 saturated carbocycles. The second-order valence-corrected chi connectivity index (χ2v) is 5.48. The molecule has 0 aliphatic carbocycles. The standard InChI is InChI=1S/C19H10N2O3/c22-14-10-17-13(20-11-5-1-3-7-15(11)23-17)9-18-19(14)21-12-6-2-4-8-16(12)24-18/h1-10H. The summed E-state index contributed by atoms with van der Waals surface area (Å²) < 4.78 is 11.7. The van der Waals surface area contributed by atoms with E-state index in [1.54, 1.807) is 12.1 Å². The average Bonchev–Trinajstić information content (AvgIpc) is 2.73. The van der Waals surface area contributed by atoms with Crippen molar-refractivity contribution in [2.75, 3.05) is 0 Å². The normalized spacial score (nSPS) is 12.8. The van der Waals surface area contributed by atoms with Crippen molar-refractivity contribution in [2.45, 2.75) is 0 Å². The van der Waals surface area contributed by atoms with E-state index in [4.69, 9.17) is 9.47 Å². The van der Waals surface area contributed by atoms with Crippen molar-refractivity contribution < 1.29 is 9.47 Å². The first-order chi connectivity index (χ1) is 11.8. The van der Waals surface area contributed by atoms with Crippen LogP contribution in [0.4, 0.5) is 11.4 Å². The van der Waals surface area contributed by atoms with Crippen molar-refractivity contribution in [3.05, 3.63) is 81.6 Å². The topological polar surface area (TPSA) is 60.2 Å². The Balaban J connectivity index is 1.84. The Hall–Kier alpha value is -3.47. The molecule has 5 rings (SSSR count). The first kappa shape index (κ1) is 13.0. The summed E-state index contributed by atoms with van der Waals surface area (Å²) in [4.78, 5) is 21.6. The molecule has 0 aromatic heterocycles. The predicted octanol–water partition coefficient (Wildman–Crippen LogP) is 3.16. The molecule has 114 valence electrons. The van der Waals surface area contributed by atoms with E-state index >= 15 is 0 Å². The Morgan fingerprint density at radius 2 is 1.29 bits per heavy atom. The van der Waals surface area contributed by atoms with Crippen LogP contribution in [-0.2, 0) is 0 Å². The minimum absolute atomic E-state index is 0.256. The summed E-state index contributed by atoms with van der Waals surface area (Å²) in [5.74, 6) is 2.01. The molecule has 0 amide bonds. The Kier molecular flexibility index (Phi) is 2.58. The Bertz CT molecular complexity index is 1190. The van der Waals surface area contributed by atoms with Crippen LogP contribution in [0.3, 0.4) is 0 Å². The van der Waals surface area contributed by atoms with Gasteiger partial charge in [0.05, 0.1) is 0 Å². The number of hydrogen-bond donors (Lipinski definition) is 0.